The monoisotopic (exact) mass is 292 g/mol. The highest BCUT2D eigenvalue weighted by Crippen LogP contribution is 1.99. The fourth-order valence-electron chi connectivity index (χ4n) is 2.02. The van der Waals surface area contributed by atoms with Gasteiger partial charge in [-0.1, -0.05) is 43.7 Å². The Morgan fingerprint density at radius 1 is 1.14 bits per heavy atom. The predicted octanol–water partition coefficient (Wildman–Crippen LogP) is 0.966. The molecule has 0 radical (unpaired) electrons. The van der Waals surface area contributed by atoms with Crippen LogP contribution in [0.4, 0.5) is 0 Å². The molecule has 21 heavy (non-hydrogen) atoms. The standard InChI is InChI=1S/C16H24N2O3/c1-2-3-9-18(10-11-19)13-16(21)17-15(20)12-14-7-5-4-6-8-14/h4-8,19H,2-3,9-13H2,1H3,(H,17,20,21). The molecule has 0 atom stereocenters. The lowest BCUT2D eigenvalue weighted by Crippen LogP contribution is -2.41. The third-order valence-electron chi connectivity index (χ3n) is 3.10. The Morgan fingerprint density at radius 3 is 2.48 bits per heavy atom. The molecule has 0 saturated carbocycles. The van der Waals surface area contributed by atoms with Crippen LogP contribution >= 0.6 is 0 Å². The van der Waals surface area contributed by atoms with Crippen molar-refractivity contribution in [3.8, 4) is 0 Å². The number of hydrogen-bond acceptors (Lipinski definition) is 4. The van der Waals surface area contributed by atoms with Crippen molar-refractivity contribution in [2.24, 2.45) is 0 Å². The summed E-state index contributed by atoms with van der Waals surface area (Å²) in [6.45, 7) is 3.41. The second-order valence-corrected chi connectivity index (χ2v) is 4.99. The average molecular weight is 292 g/mol. The Bertz CT molecular complexity index is 434. The van der Waals surface area contributed by atoms with Crippen molar-refractivity contribution in [1.29, 1.82) is 0 Å². The Kier molecular flexibility index (Phi) is 8.31. The van der Waals surface area contributed by atoms with Gasteiger partial charge in [0, 0.05) is 6.54 Å². The van der Waals surface area contributed by atoms with E-state index in [1.807, 2.05) is 35.2 Å². The van der Waals surface area contributed by atoms with Gasteiger partial charge >= 0.3 is 0 Å². The van der Waals surface area contributed by atoms with Crippen LogP contribution in [0.2, 0.25) is 0 Å². The summed E-state index contributed by atoms with van der Waals surface area (Å²) in [6.07, 6.45) is 2.18. The fraction of sp³-hybridized carbons (Fsp3) is 0.500. The van der Waals surface area contributed by atoms with Gasteiger partial charge in [-0.3, -0.25) is 19.8 Å². The zero-order valence-electron chi connectivity index (χ0n) is 12.5. The van der Waals surface area contributed by atoms with Crippen molar-refractivity contribution >= 4 is 11.8 Å². The van der Waals surface area contributed by atoms with Crippen LogP contribution in [-0.4, -0.2) is 48.1 Å². The molecule has 0 bridgehead atoms. The first-order valence-electron chi connectivity index (χ1n) is 7.35. The second-order valence-electron chi connectivity index (χ2n) is 4.99. The molecule has 0 aliphatic heterocycles. The highest BCUT2D eigenvalue weighted by atomic mass is 16.3. The fourth-order valence-corrected chi connectivity index (χ4v) is 2.02. The molecule has 1 aromatic rings. The van der Waals surface area contributed by atoms with E-state index in [2.05, 4.69) is 12.2 Å². The number of imide groups is 1. The van der Waals surface area contributed by atoms with Crippen LogP contribution in [0.3, 0.4) is 0 Å². The Labute approximate surface area is 126 Å². The van der Waals surface area contributed by atoms with E-state index in [0.29, 0.717) is 6.54 Å². The first kappa shape index (κ1) is 17.3. The van der Waals surface area contributed by atoms with Gasteiger partial charge in [0.15, 0.2) is 0 Å². The lowest BCUT2D eigenvalue weighted by molar-refractivity contribution is -0.130. The highest BCUT2D eigenvalue weighted by molar-refractivity contribution is 5.96. The van der Waals surface area contributed by atoms with Crippen LogP contribution in [0, 0.1) is 0 Å². The third kappa shape index (κ3) is 7.58. The molecule has 1 aromatic carbocycles. The number of hydrogen-bond donors (Lipinski definition) is 2. The first-order valence-corrected chi connectivity index (χ1v) is 7.35. The van der Waals surface area contributed by atoms with Crippen LogP contribution in [0.25, 0.3) is 0 Å². The number of benzene rings is 1. The predicted molar refractivity (Wildman–Crippen MR) is 81.7 cm³/mol. The molecule has 5 nitrogen and oxygen atoms in total. The minimum atomic E-state index is -0.319. The number of nitrogens with zero attached hydrogens (tertiary/aromatic N) is 1. The zero-order valence-corrected chi connectivity index (χ0v) is 12.5. The molecule has 0 saturated heterocycles. The summed E-state index contributed by atoms with van der Waals surface area (Å²) >= 11 is 0. The second kappa shape index (κ2) is 10.1. The number of aliphatic hydroxyl groups excluding tert-OH is 1. The van der Waals surface area contributed by atoms with Crippen molar-refractivity contribution in [1.82, 2.24) is 10.2 Å². The van der Waals surface area contributed by atoms with Crippen LogP contribution in [0.15, 0.2) is 30.3 Å². The first-order chi connectivity index (χ1) is 10.2. The maximum atomic E-state index is 11.8. The maximum Gasteiger partial charge on any atom is 0.240 e. The van der Waals surface area contributed by atoms with Crippen LogP contribution in [-0.2, 0) is 16.0 Å². The molecule has 1 rings (SSSR count). The number of carbonyl (C=O) groups excluding carboxylic acids is 2. The number of nitrogens with one attached hydrogen (secondary N) is 1. The minimum absolute atomic E-state index is 0.00888. The van der Waals surface area contributed by atoms with E-state index in [0.717, 1.165) is 24.9 Å². The SMILES string of the molecule is CCCCN(CCO)CC(=O)NC(=O)Cc1ccccc1. The van der Waals surface area contributed by atoms with Crippen LogP contribution in [0.5, 0.6) is 0 Å². The smallest absolute Gasteiger partial charge is 0.240 e. The van der Waals surface area contributed by atoms with Gasteiger partial charge in [0.25, 0.3) is 0 Å². The Morgan fingerprint density at radius 2 is 1.86 bits per heavy atom. The summed E-state index contributed by atoms with van der Waals surface area (Å²) in [5.41, 5.74) is 0.876. The van der Waals surface area contributed by atoms with Gasteiger partial charge in [0.1, 0.15) is 0 Å². The molecule has 0 aromatic heterocycles. The van der Waals surface area contributed by atoms with E-state index in [1.54, 1.807) is 0 Å². The summed E-state index contributed by atoms with van der Waals surface area (Å²) in [5.74, 6) is -0.619. The molecule has 0 aliphatic carbocycles. The number of amides is 2. The van der Waals surface area contributed by atoms with E-state index in [9.17, 15) is 9.59 Å². The number of unbranched alkanes of at least 4 members (excludes halogenated alkanes) is 1. The molecule has 2 N–H and O–H groups in total. The molecule has 0 heterocycles. The van der Waals surface area contributed by atoms with E-state index in [4.69, 9.17) is 5.11 Å². The summed E-state index contributed by atoms with van der Waals surface area (Å²) in [4.78, 5) is 25.5. The van der Waals surface area contributed by atoms with Crippen molar-refractivity contribution in [3.05, 3.63) is 35.9 Å². The summed E-state index contributed by atoms with van der Waals surface area (Å²) in [7, 11) is 0. The largest absolute Gasteiger partial charge is 0.395 e. The average Bonchev–Trinajstić information content (AvgIpc) is 2.45. The van der Waals surface area contributed by atoms with Gasteiger partial charge in [0.2, 0.25) is 11.8 Å². The number of rotatable bonds is 9. The molecule has 0 spiro atoms. The van der Waals surface area contributed by atoms with Crippen LogP contribution in [0.1, 0.15) is 25.3 Å². The summed E-state index contributed by atoms with van der Waals surface area (Å²) in [5, 5.41) is 11.4. The molecule has 0 aliphatic rings. The molecule has 5 heteroatoms. The minimum Gasteiger partial charge on any atom is -0.395 e. The summed E-state index contributed by atoms with van der Waals surface area (Å²) < 4.78 is 0. The number of carbonyl (C=O) groups is 2. The van der Waals surface area contributed by atoms with Gasteiger partial charge in [-0.15, -0.1) is 0 Å². The lowest BCUT2D eigenvalue weighted by Gasteiger charge is -2.20. The van der Waals surface area contributed by atoms with Crippen molar-refractivity contribution in [3.63, 3.8) is 0 Å². The van der Waals surface area contributed by atoms with Crippen molar-refractivity contribution in [2.75, 3.05) is 26.2 Å². The molecule has 2 amide bonds. The molecular weight excluding hydrogens is 268 g/mol. The van der Waals surface area contributed by atoms with Crippen LogP contribution < -0.4 is 5.32 Å². The maximum absolute atomic E-state index is 11.8. The lowest BCUT2D eigenvalue weighted by atomic mass is 10.1. The normalized spacial score (nSPS) is 10.6. The zero-order chi connectivity index (χ0) is 15.5. The van der Waals surface area contributed by atoms with Crippen molar-refractivity contribution in [2.45, 2.75) is 26.2 Å². The van der Waals surface area contributed by atoms with Crippen molar-refractivity contribution < 1.29 is 14.7 Å². The van der Waals surface area contributed by atoms with Gasteiger partial charge in [-0.05, 0) is 18.5 Å². The highest BCUT2D eigenvalue weighted by Gasteiger charge is 2.13. The molecule has 0 fully saturated rings. The van der Waals surface area contributed by atoms with Gasteiger partial charge in [0.05, 0.1) is 19.6 Å². The molecule has 0 unspecified atom stereocenters. The molecule has 116 valence electrons. The number of aliphatic hydroxyl groups is 1. The Hall–Kier alpha value is -1.72. The van der Waals surface area contributed by atoms with E-state index >= 15 is 0 Å². The van der Waals surface area contributed by atoms with E-state index in [1.165, 1.54) is 0 Å². The van der Waals surface area contributed by atoms with E-state index < -0.39 is 0 Å². The quantitative estimate of drug-likeness (QED) is 0.711. The van der Waals surface area contributed by atoms with E-state index in [-0.39, 0.29) is 31.4 Å². The van der Waals surface area contributed by atoms with Gasteiger partial charge in [-0.25, -0.2) is 0 Å². The molecular formula is C16H24N2O3. The Balaban J connectivity index is 2.38. The van der Waals surface area contributed by atoms with Gasteiger partial charge in [-0.2, -0.15) is 0 Å². The topological polar surface area (TPSA) is 69.6 Å². The van der Waals surface area contributed by atoms with Gasteiger partial charge < -0.3 is 5.11 Å². The third-order valence-corrected chi connectivity index (χ3v) is 3.10. The summed E-state index contributed by atoms with van der Waals surface area (Å²) in [6, 6.07) is 9.30.